The van der Waals surface area contributed by atoms with Crippen molar-refractivity contribution in [1.29, 1.82) is 0 Å². The molecule has 0 bridgehead atoms. The summed E-state index contributed by atoms with van der Waals surface area (Å²) >= 11 is 0. The van der Waals surface area contributed by atoms with Crippen LogP contribution in [0.25, 0.3) is 0 Å². The van der Waals surface area contributed by atoms with Crippen molar-refractivity contribution in [2.45, 2.75) is 39.5 Å². The van der Waals surface area contributed by atoms with Gasteiger partial charge in [0.05, 0.1) is 0 Å². The van der Waals surface area contributed by atoms with Gasteiger partial charge in [0.15, 0.2) is 0 Å². The highest BCUT2D eigenvalue weighted by molar-refractivity contribution is 5.44. The lowest BCUT2D eigenvalue weighted by molar-refractivity contribution is 0.416. The third kappa shape index (κ3) is 9.78. The maximum Gasteiger partial charge on any atom is 0.266 e. The largest absolute Gasteiger partial charge is 0.266 e. The molecule has 2 rings (SSSR count). The van der Waals surface area contributed by atoms with Gasteiger partial charge in [0.25, 0.3) is 12.2 Å². The Labute approximate surface area is 164 Å². The van der Waals surface area contributed by atoms with Gasteiger partial charge in [-0.2, -0.15) is 17.6 Å². The summed E-state index contributed by atoms with van der Waals surface area (Å²) in [4.78, 5) is 0. The quantitative estimate of drug-likeness (QED) is 0.354. The van der Waals surface area contributed by atoms with E-state index in [1.807, 2.05) is 62.4 Å². The molecule has 0 spiro atoms. The van der Waals surface area contributed by atoms with Gasteiger partial charge in [-0.15, -0.1) is 0 Å². The normalized spacial score (nSPS) is 9.36. The van der Waals surface area contributed by atoms with E-state index in [9.17, 15) is 17.6 Å². The second-order valence-electron chi connectivity index (χ2n) is 5.71. The van der Waals surface area contributed by atoms with Crippen LogP contribution < -0.4 is 0 Å². The molecule has 0 amide bonds. The van der Waals surface area contributed by atoms with E-state index in [-0.39, 0.29) is 0 Å². The molecule has 0 aromatic heterocycles. The van der Waals surface area contributed by atoms with E-state index in [1.165, 1.54) is 0 Å². The summed E-state index contributed by atoms with van der Waals surface area (Å²) in [7, 11) is 0. The number of halogens is 4. The maximum absolute atomic E-state index is 12.0. The molecular formula is C24H24F4. The Hall–Kier alpha value is -2.80. The highest BCUT2D eigenvalue weighted by atomic mass is 19.3. The predicted molar refractivity (Wildman–Crippen MR) is 107 cm³/mol. The van der Waals surface area contributed by atoms with Crippen molar-refractivity contribution in [1.82, 2.24) is 0 Å². The van der Waals surface area contributed by atoms with Gasteiger partial charge < -0.3 is 0 Å². The molecule has 4 heteroatoms. The number of allylic oxidation sites excluding steroid dienone is 2. The summed E-state index contributed by atoms with van der Waals surface area (Å²) in [5, 5.41) is 0. The summed E-state index contributed by atoms with van der Waals surface area (Å²) in [5.41, 5.74) is 3.65. The molecule has 0 radical (unpaired) electrons. The van der Waals surface area contributed by atoms with Crippen molar-refractivity contribution < 1.29 is 17.6 Å². The summed E-state index contributed by atoms with van der Waals surface area (Å²) in [6, 6.07) is 15.0. The van der Waals surface area contributed by atoms with Crippen molar-refractivity contribution >= 4 is 0 Å². The molecule has 0 unspecified atom stereocenters. The van der Waals surface area contributed by atoms with E-state index < -0.39 is 12.2 Å². The number of hydrogen-bond acceptors (Lipinski definition) is 0. The van der Waals surface area contributed by atoms with Crippen LogP contribution in [0.4, 0.5) is 17.6 Å². The minimum atomic E-state index is -1.65. The lowest BCUT2D eigenvalue weighted by Gasteiger charge is -1.99. The average molecular weight is 388 g/mol. The van der Waals surface area contributed by atoms with Crippen LogP contribution in [-0.2, 0) is 12.8 Å². The number of hydrogen-bond donors (Lipinski definition) is 0. The first-order valence-corrected chi connectivity index (χ1v) is 9.25. The summed E-state index contributed by atoms with van der Waals surface area (Å²) in [6.45, 7) is 4.00. The number of aryl methyl sites for hydroxylation is 2. The van der Waals surface area contributed by atoms with Crippen LogP contribution >= 0.6 is 0 Å². The van der Waals surface area contributed by atoms with Gasteiger partial charge in [0.1, 0.15) is 0 Å². The molecule has 0 heterocycles. The zero-order chi connectivity index (χ0) is 20.8. The fourth-order valence-electron chi connectivity index (χ4n) is 2.35. The van der Waals surface area contributed by atoms with E-state index in [1.54, 1.807) is 0 Å². The number of rotatable bonds is 6. The highest BCUT2D eigenvalue weighted by Crippen LogP contribution is 2.10. The predicted octanol–water partition coefficient (Wildman–Crippen LogP) is 7.54. The monoisotopic (exact) mass is 388 g/mol. The molecule has 2 aromatic rings. The molecule has 0 saturated heterocycles. The minimum absolute atomic E-state index is 0.313. The zero-order valence-corrected chi connectivity index (χ0v) is 16.1. The molecule has 2 aromatic carbocycles. The minimum Gasteiger partial charge on any atom is -0.174 e. The van der Waals surface area contributed by atoms with Gasteiger partial charge in [-0.25, -0.2) is 0 Å². The van der Waals surface area contributed by atoms with Gasteiger partial charge in [-0.3, -0.25) is 0 Å². The fourth-order valence-corrected chi connectivity index (χ4v) is 2.35. The van der Waals surface area contributed by atoms with E-state index in [0.717, 1.165) is 34.4 Å². The molecule has 0 aliphatic rings. The molecule has 28 heavy (non-hydrogen) atoms. The standard InChI is InChI=1S/C22H18F4.C2H6/c23-21(24)5-1-3-17-7-11-19(12-8-17)15-16-20-13-9-18(10-14-20)4-2-6-22(25)26;1-2/h5-14H,1-4H2;1-2H3. The van der Waals surface area contributed by atoms with Crippen LogP contribution in [0, 0.1) is 11.8 Å². The van der Waals surface area contributed by atoms with Gasteiger partial charge in [-0.1, -0.05) is 50.0 Å². The molecule has 0 aliphatic carbocycles. The van der Waals surface area contributed by atoms with E-state index in [0.29, 0.717) is 25.7 Å². The van der Waals surface area contributed by atoms with Crippen molar-refractivity contribution in [3.8, 4) is 11.8 Å². The van der Waals surface area contributed by atoms with Gasteiger partial charge in [-0.05, 0) is 73.2 Å². The third-order valence-corrected chi connectivity index (χ3v) is 3.72. The maximum atomic E-state index is 12.0. The Morgan fingerprint density at radius 3 is 1.25 bits per heavy atom. The molecular weight excluding hydrogens is 364 g/mol. The van der Waals surface area contributed by atoms with Crippen LogP contribution in [-0.4, -0.2) is 0 Å². The summed E-state index contributed by atoms with van der Waals surface area (Å²) < 4.78 is 48.0. The Bertz CT molecular complexity index is 742. The van der Waals surface area contributed by atoms with Crippen LogP contribution in [0.5, 0.6) is 0 Å². The molecule has 0 atom stereocenters. The van der Waals surface area contributed by atoms with Gasteiger partial charge >= 0.3 is 0 Å². The van der Waals surface area contributed by atoms with Crippen molar-refractivity contribution in [2.24, 2.45) is 0 Å². The SMILES string of the molecule is CC.FC(F)=CCCc1ccc(C#Cc2ccc(CCC=C(F)F)cc2)cc1. The second kappa shape index (κ2) is 13.4. The van der Waals surface area contributed by atoms with Crippen LogP contribution in [0.3, 0.4) is 0 Å². The molecule has 0 saturated carbocycles. The lowest BCUT2D eigenvalue weighted by atomic mass is 10.1. The van der Waals surface area contributed by atoms with Gasteiger partial charge in [0, 0.05) is 11.1 Å². The van der Waals surface area contributed by atoms with E-state index >= 15 is 0 Å². The highest BCUT2D eigenvalue weighted by Gasteiger charge is 1.96. The van der Waals surface area contributed by atoms with Crippen molar-refractivity contribution in [2.75, 3.05) is 0 Å². The topological polar surface area (TPSA) is 0 Å². The second-order valence-corrected chi connectivity index (χ2v) is 5.71. The Kier molecular flexibility index (Phi) is 11.1. The lowest BCUT2D eigenvalue weighted by Crippen LogP contribution is -1.85. The first-order valence-electron chi connectivity index (χ1n) is 9.25. The molecule has 0 fully saturated rings. The first kappa shape index (κ1) is 23.2. The smallest absolute Gasteiger partial charge is 0.174 e. The third-order valence-electron chi connectivity index (χ3n) is 3.72. The van der Waals surface area contributed by atoms with Crippen LogP contribution in [0.2, 0.25) is 0 Å². The zero-order valence-electron chi connectivity index (χ0n) is 16.1. The fraction of sp³-hybridized carbons (Fsp3) is 0.250. The molecule has 0 N–H and O–H groups in total. The summed E-state index contributed by atoms with van der Waals surface area (Å²) in [6.07, 6.45) is 0.293. The molecule has 0 aliphatic heterocycles. The van der Waals surface area contributed by atoms with E-state index in [2.05, 4.69) is 11.8 Å². The number of benzene rings is 2. The van der Waals surface area contributed by atoms with Crippen LogP contribution in [0.15, 0.2) is 72.8 Å². The Morgan fingerprint density at radius 2 is 0.964 bits per heavy atom. The van der Waals surface area contributed by atoms with Crippen molar-refractivity contribution in [3.63, 3.8) is 0 Å². The van der Waals surface area contributed by atoms with Gasteiger partial charge in [0.2, 0.25) is 0 Å². The Balaban J connectivity index is 0.00000190. The molecule has 148 valence electrons. The Morgan fingerprint density at radius 1 is 0.643 bits per heavy atom. The van der Waals surface area contributed by atoms with Crippen LogP contribution in [0.1, 0.15) is 48.9 Å². The van der Waals surface area contributed by atoms with Crippen molar-refractivity contribution in [3.05, 3.63) is 95.1 Å². The first-order chi connectivity index (χ1) is 13.5. The molecule has 0 nitrogen and oxygen atoms in total. The summed E-state index contributed by atoms with van der Waals surface area (Å²) in [5.74, 6) is 6.10. The average Bonchev–Trinajstić information content (AvgIpc) is 2.69. The van der Waals surface area contributed by atoms with E-state index in [4.69, 9.17) is 0 Å².